The lowest BCUT2D eigenvalue weighted by atomic mass is 10.2. The Hall–Kier alpha value is -2.63. The number of benzene rings is 1. The highest BCUT2D eigenvalue weighted by molar-refractivity contribution is 6.02. The molecule has 2 aromatic rings. The van der Waals surface area contributed by atoms with Crippen molar-refractivity contribution in [2.45, 2.75) is 19.8 Å². The Morgan fingerprint density at radius 3 is 3.04 bits per heavy atom. The van der Waals surface area contributed by atoms with Crippen LogP contribution in [0, 0.1) is 18.7 Å². The fourth-order valence-corrected chi connectivity index (χ4v) is 1.98. The van der Waals surface area contributed by atoms with Crippen molar-refractivity contribution in [2.24, 2.45) is 5.92 Å². The maximum Gasteiger partial charge on any atom is 0.248 e. The van der Waals surface area contributed by atoms with E-state index in [1.807, 2.05) is 0 Å². The number of nitrogens with one attached hydrogen (secondary N) is 1. The van der Waals surface area contributed by atoms with Crippen molar-refractivity contribution in [1.82, 2.24) is 4.98 Å². The highest BCUT2D eigenvalue weighted by Gasteiger charge is 2.22. The number of oxazole rings is 1. The molecular formula is C17H17FN2O3. The van der Waals surface area contributed by atoms with E-state index in [9.17, 15) is 9.18 Å². The van der Waals surface area contributed by atoms with Crippen LogP contribution in [0.4, 0.5) is 10.1 Å². The Morgan fingerprint density at radius 1 is 1.52 bits per heavy atom. The van der Waals surface area contributed by atoms with Crippen LogP contribution in [0.5, 0.6) is 5.75 Å². The van der Waals surface area contributed by atoms with Crippen molar-refractivity contribution < 1.29 is 18.3 Å². The summed E-state index contributed by atoms with van der Waals surface area (Å²) in [6.07, 6.45) is 6.54. The molecule has 3 rings (SSSR count). The summed E-state index contributed by atoms with van der Waals surface area (Å²) in [5.74, 6) is 0.450. The maximum absolute atomic E-state index is 13.4. The first kappa shape index (κ1) is 15.3. The number of amides is 1. The Balaban J connectivity index is 1.65. The molecule has 0 bridgehead atoms. The fraction of sp³-hybridized carbons (Fsp3) is 0.294. The molecule has 23 heavy (non-hydrogen) atoms. The van der Waals surface area contributed by atoms with Crippen LogP contribution in [0.2, 0.25) is 0 Å². The molecule has 1 aliphatic rings. The normalized spacial score (nSPS) is 14.2. The Bertz CT molecular complexity index is 735. The zero-order chi connectivity index (χ0) is 16.2. The van der Waals surface area contributed by atoms with Crippen LogP contribution in [0.25, 0.3) is 6.08 Å². The van der Waals surface area contributed by atoms with Gasteiger partial charge in [-0.05, 0) is 37.8 Å². The average Bonchev–Trinajstić information content (AvgIpc) is 3.26. The van der Waals surface area contributed by atoms with Crippen molar-refractivity contribution in [1.29, 1.82) is 0 Å². The monoisotopic (exact) mass is 316 g/mol. The summed E-state index contributed by atoms with van der Waals surface area (Å²) < 4.78 is 24.1. The highest BCUT2D eigenvalue weighted by atomic mass is 19.1. The molecule has 1 heterocycles. The number of aromatic nitrogens is 1. The van der Waals surface area contributed by atoms with E-state index in [2.05, 4.69) is 10.3 Å². The summed E-state index contributed by atoms with van der Waals surface area (Å²) in [5, 5.41) is 2.67. The summed E-state index contributed by atoms with van der Waals surface area (Å²) in [6, 6.07) is 4.04. The zero-order valence-electron chi connectivity index (χ0n) is 12.7. The topological polar surface area (TPSA) is 64.4 Å². The molecule has 120 valence electrons. The molecular weight excluding hydrogens is 299 g/mol. The van der Waals surface area contributed by atoms with E-state index >= 15 is 0 Å². The summed E-state index contributed by atoms with van der Waals surface area (Å²) in [5.41, 5.74) is 1.17. The van der Waals surface area contributed by atoms with Gasteiger partial charge in [0.15, 0.2) is 0 Å². The minimum Gasteiger partial charge on any atom is -0.491 e. The minimum atomic E-state index is -0.403. The number of rotatable bonds is 6. The van der Waals surface area contributed by atoms with Gasteiger partial charge in [0.05, 0.1) is 18.0 Å². The van der Waals surface area contributed by atoms with Gasteiger partial charge >= 0.3 is 0 Å². The smallest absolute Gasteiger partial charge is 0.248 e. The first-order valence-corrected chi connectivity index (χ1v) is 7.44. The van der Waals surface area contributed by atoms with E-state index in [1.165, 1.54) is 36.6 Å². The number of hydrogen-bond donors (Lipinski definition) is 1. The molecule has 1 N–H and O–H groups in total. The molecule has 1 aliphatic carbocycles. The lowest BCUT2D eigenvalue weighted by Gasteiger charge is -2.11. The number of carbonyl (C=O) groups excluding carboxylic acids is 1. The van der Waals surface area contributed by atoms with Gasteiger partial charge in [-0.25, -0.2) is 9.37 Å². The minimum absolute atomic E-state index is 0.339. The first-order valence-electron chi connectivity index (χ1n) is 7.44. The third-order valence-electron chi connectivity index (χ3n) is 3.39. The number of anilines is 1. The van der Waals surface area contributed by atoms with Gasteiger partial charge in [0.25, 0.3) is 0 Å². The van der Waals surface area contributed by atoms with Gasteiger partial charge in [-0.1, -0.05) is 0 Å². The molecule has 0 saturated heterocycles. The zero-order valence-corrected chi connectivity index (χ0v) is 12.7. The predicted octanol–water partition coefficient (Wildman–Crippen LogP) is 3.56. The summed E-state index contributed by atoms with van der Waals surface area (Å²) >= 11 is 0. The molecule has 0 spiro atoms. The number of nitrogens with zero attached hydrogens (tertiary/aromatic N) is 1. The summed E-state index contributed by atoms with van der Waals surface area (Å²) in [4.78, 5) is 16.0. The van der Waals surface area contributed by atoms with E-state index in [4.69, 9.17) is 9.15 Å². The van der Waals surface area contributed by atoms with Crippen LogP contribution in [-0.4, -0.2) is 17.5 Å². The highest BCUT2D eigenvalue weighted by Crippen LogP contribution is 2.32. The molecule has 0 atom stereocenters. The molecule has 1 aromatic heterocycles. The second-order valence-electron chi connectivity index (χ2n) is 5.54. The molecule has 1 aromatic carbocycles. The molecule has 0 aliphatic heterocycles. The predicted molar refractivity (Wildman–Crippen MR) is 83.5 cm³/mol. The van der Waals surface area contributed by atoms with Crippen LogP contribution in [0.15, 0.2) is 35.0 Å². The number of halogens is 1. The van der Waals surface area contributed by atoms with Crippen molar-refractivity contribution in [3.63, 3.8) is 0 Å². The molecule has 5 nitrogen and oxygen atoms in total. The number of ether oxygens (including phenoxy) is 1. The second kappa shape index (κ2) is 6.64. The Morgan fingerprint density at radius 2 is 2.35 bits per heavy atom. The molecule has 6 heteroatoms. The molecule has 1 fully saturated rings. The standard InChI is InChI=1S/C17H17FN2O3/c1-11-9-23-17(19-11)7-6-16(21)20-14-5-4-13(18)8-15(14)22-10-12-2-3-12/h4-9,12H,2-3,10H2,1H3,(H,20,21). The maximum atomic E-state index is 13.4. The first-order chi connectivity index (χ1) is 11.1. The van der Waals surface area contributed by atoms with E-state index in [1.54, 1.807) is 6.92 Å². The third kappa shape index (κ3) is 4.42. The van der Waals surface area contributed by atoms with Crippen LogP contribution < -0.4 is 10.1 Å². The van der Waals surface area contributed by atoms with Crippen LogP contribution in [-0.2, 0) is 4.79 Å². The lowest BCUT2D eigenvalue weighted by Crippen LogP contribution is -2.10. The quantitative estimate of drug-likeness (QED) is 0.828. The third-order valence-corrected chi connectivity index (χ3v) is 3.39. The Kier molecular flexibility index (Phi) is 4.41. The van der Waals surface area contributed by atoms with Crippen LogP contribution >= 0.6 is 0 Å². The molecule has 1 saturated carbocycles. The van der Waals surface area contributed by atoms with E-state index < -0.39 is 5.82 Å². The van der Waals surface area contributed by atoms with Gasteiger partial charge in [0, 0.05) is 18.2 Å². The van der Waals surface area contributed by atoms with Crippen molar-refractivity contribution in [3.05, 3.63) is 47.9 Å². The fourth-order valence-electron chi connectivity index (χ4n) is 1.98. The largest absolute Gasteiger partial charge is 0.491 e. The summed E-state index contributed by atoms with van der Waals surface area (Å²) in [6.45, 7) is 2.33. The van der Waals surface area contributed by atoms with Crippen LogP contribution in [0.3, 0.4) is 0 Å². The molecule has 0 radical (unpaired) electrons. The van der Waals surface area contributed by atoms with Gasteiger partial charge in [-0.3, -0.25) is 4.79 Å². The van der Waals surface area contributed by atoms with Gasteiger partial charge in [0.2, 0.25) is 11.8 Å². The average molecular weight is 316 g/mol. The molecule has 0 unspecified atom stereocenters. The second-order valence-corrected chi connectivity index (χ2v) is 5.54. The van der Waals surface area contributed by atoms with E-state index in [0.29, 0.717) is 29.9 Å². The van der Waals surface area contributed by atoms with Crippen molar-refractivity contribution >= 4 is 17.7 Å². The number of carbonyl (C=O) groups is 1. The van der Waals surface area contributed by atoms with Gasteiger partial charge in [-0.2, -0.15) is 0 Å². The van der Waals surface area contributed by atoms with Gasteiger partial charge < -0.3 is 14.5 Å². The van der Waals surface area contributed by atoms with Crippen molar-refractivity contribution in [3.8, 4) is 5.75 Å². The van der Waals surface area contributed by atoms with Gasteiger partial charge in [0.1, 0.15) is 17.8 Å². The van der Waals surface area contributed by atoms with Crippen LogP contribution in [0.1, 0.15) is 24.4 Å². The van der Waals surface area contributed by atoms with E-state index in [-0.39, 0.29) is 5.91 Å². The Labute approximate surface area is 133 Å². The lowest BCUT2D eigenvalue weighted by molar-refractivity contribution is -0.111. The SMILES string of the molecule is Cc1coc(C=CC(=O)Nc2ccc(F)cc2OCC2CC2)n1. The number of aryl methyl sites for hydroxylation is 1. The van der Waals surface area contributed by atoms with Crippen molar-refractivity contribution in [2.75, 3.05) is 11.9 Å². The van der Waals surface area contributed by atoms with E-state index in [0.717, 1.165) is 18.5 Å². The molecule has 1 amide bonds. The van der Waals surface area contributed by atoms with Gasteiger partial charge in [-0.15, -0.1) is 0 Å². The summed E-state index contributed by atoms with van der Waals surface area (Å²) in [7, 11) is 0. The number of hydrogen-bond acceptors (Lipinski definition) is 4.